The zero-order valence-corrected chi connectivity index (χ0v) is 12.6. The van der Waals surface area contributed by atoms with Gasteiger partial charge in [0.1, 0.15) is 11.2 Å². The van der Waals surface area contributed by atoms with E-state index < -0.39 is 17.3 Å². The zero-order chi connectivity index (χ0) is 15.9. The number of hydrogen-bond donors (Lipinski definition) is 0. The predicted molar refractivity (Wildman–Crippen MR) is 77.0 cm³/mol. The lowest BCUT2D eigenvalue weighted by Gasteiger charge is -2.61. The number of fused-ring (bicyclic) bond motifs is 2. The summed E-state index contributed by atoms with van der Waals surface area (Å²) >= 11 is 0. The van der Waals surface area contributed by atoms with Crippen LogP contribution < -0.4 is 0 Å². The van der Waals surface area contributed by atoms with Crippen molar-refractivity contribution < 1.29 is 19.1 Å². The average Bonchev–Trinajstić information content (AvgIpc) is 2.53. The molecule has 2 heterocycles. The Morgan fingerprint density at radius 3 is 2.73 bits per heavy atom. The van der Waals surface area contributed by atoms with Crippen LogP contribution in [0.2, 0.25) is 0 Å². The molecule has 0 radical (unpaired) electrons. The second kappa shape index (κ2) is 5.19. The minimum Gasteiger partial charge on any atom is -0.463 e. The van der Waals surface area contributed by atoms with Gasteiger partial charge in [-0.2, -0.15) is 0 Å². The molecular formula is C16H18N2O4. The van der Waals surface area contributed by atoms with Crippen molar-refractivity contribution in [3.05, 3.63) is 30.1 Å². The van der Waals surface area contributed by atoms with Gasteiger partial charge in [0.05, 0.1) is 7.11 Å². The van der Waals surface area contributed by atoms with E-state index in [-0.39, 0.29) is 11.9 Å². The lowest BCUT2D eigenvalue weighted by atomic mass is 9.62. The number of nitrogens with zero attached hydrogens (tertiary/aromatic N) is 2. The fourth-order valence-electron chi connectivity index (χ4n) is 3.86. The molecule has 6 nitrogen and oxygen atoms in total. The van der Waals surface area contributed by atoms with Crippen molar-refractivity contribution in [3.8, 4) is 0 Å². The van der Waals surface area contributed by atoms with E-state index >= 15 is 0 Å². The van der Waals surface area contributed by atoms with Crippen molar-refractivity contribution in [2.45, 2.75) is 37.8 Å². The van der Waals surface area contributed by atoms with Crippen LogP contribution in [0.3, 0.4) is 0 Å². The lowest BCUT2D eigenvalue weighted by Crippen LogP contribution is -2.75. The number of pyridine rings is 1. The van der Waals surface area contributed by atoms with Crippen molar-refractivity contribution in [3.63, 3.8) is 0 Å². The molecule has 1 aliphatic heterocycles. The van der Waals surface area contributed by atoms with Gasteiger partial charge in [-0.3, -0.25) is 14.6 Å². The number of carbonyl (C=O) groups is 3. The quantitative estimate of drug-likeness (QED) is 0.619. The van der Waals surface area contributed by atoms with E-state index in [0.717, 1.165) is 6.42 Å². The number of esters is 1. The molecule has 1 amide bonds. The third kappa shape index (κ3) is 2.01. The molecule has 22 heavy (non-hydrogen) atoms. The summed E-state index contributed by atoms with van der Waals surface area (Å²) in [5.74, 6) is -1.51. The fourth-order valence-corrected chi connectivity index (χ4v) is 3.86. The first-order chi connectivity index (χ1) is 10.5. The van der Waals surface area contributed by atoms with Crippen molar-refractivity contribution in [1.29, 1.82) is 0 Å². The highest BCUT2D eigenvalue weighted by molar-refractivity contribution is 6.38. The molecule has 1 saturated heterocycles. The molecule has 3 atom stereocenters. The summed E-state index contributed by atoms with van der Waals surface area (Å²) < 4.78 is 4.58. The number of carbonyl (C=O) groups excluding carboxylic acids is 3. The summed E-state index contributed by atoms with van der Waals surface area (Å²) in [6, 6.07) is 5.07. The van der Waals surface area contributed by atoms with E-state index in [9.17, 15) is 14.4 Å². The van der Waals surface area contributed by atoms with E-state index in [0.29, 0.717) is 24.5 Å². The summed E-state index contributed by atoms with van der Waals surface area (Å²) in [7, 11) is 1.18. The largest absolute Gasteiger partial charge is 0.463 e. The van der Waals surface area contributed by atoms with Crippen LogP contribution in [0, 0.1) is 5.92 Å². The van der Waals surface area contributed by atoms with Gasteiger partial charge in [-0.05, 0) is 37.3 Å². The van der Waals surface area contributed by atoms with Crippen molar-refractivity contribution in [1.82, 2.24) is 9.88 Å². The Bertz CT molecular complexity index is 630. The molecule has 2 fully saturated rings. The highest BCUT2D eigenvalue weighted by Gasteiger charge is 2.64. The first-order valence-corrected chi connectivity index (χ1v) is 7.37. The number of methoxy groups -OCH3 is 1. The second-order valence-corrected chi connectivity index (χ2v) is 6.15. The summed E-state index contributed by atoms with van der Waals surface area (Å²) in [5.41, 5.74) is -0.756. The number of likely N-dealkylation sites (tertiary alicyclic amines) is 1. The van der Waals surface area contributed by atoms with E-state index in [1.165, 1.54) is 7.11 Å². The highest BCUT2D eigenvalue weighted by atomic mass is 16.5. The lowest BCUT2D eigenvalue weighted by molar-refractivity contribution is -0.170. The van der Waals surface area contributed by atoms with Gasteiger partial charge < -0.3 is 9.64 Å². The number of hydrogen-bond acceptors (Lipinski definition) is 5. The normalized spacial score (nSPS) is 29.5. The van der Waals surface area contributed by atoms with E-state index in [1.807, 2.05) is 6.92 Å². The SMILES string of the molecule is COC(=O)C(=O)C12CC(C)CC(C1)N2C(=O)c1ccccn1. The number of ketones is 1. The molecule has 0 spiro atoms. The molecule has 1 aliphatic carbocycles. The Balaban J connectivity index is 1.94. The third-order valence-corrected chi connectivity index (χ3v) is 4.66. The van der Waals surface area contributed by atoms with Gasteiger partial charge in [0, 0.05) is 12.2 Å². The Labute approximate surface area is 128 Å². The van der Waals surface area contributed by atoms with Crippen molar-refractivity contribution in [2.75, 3.05) is 7.11 Å². The van der Waals surface area contributed by atoms with Gasteiger partial charge in [-0.15, -0.1) is 0 Å². The Morgan fingerprint density at radius 2 is 2.09 bits per heavy atom. The van der Waals surface area contributed by atoms with E-state index in [4.69, 9.17) is 0 Å². The molecule has 1 aromatic rings. The summed E-state index contributed by atoms with van der Waals surface area (Å²) in [6.07, 6.45) is 3.41. The molecule has 3 rings (SSSR count). The molecule has 1 aromatic heterocycles. The molecule has 2 aliphatic rings. The maximum absolute atomic E-state index is 12.7. The zero-order valence-electron chi connectivity index (χ0n) is 12.6. The van der Waals surface area contributed by atoms with Gasteiger partial charge in [-0.25, -0.2) is 4.79 Å². The van der Waals surface area contributed by atoms with E-state index in [1.54, 1.807) is 29.3 Å². The maximum atomic E-state index is 12.7. The smallest absolute Gasteiger partial charge is 0.376 e. The van der Waals surface area contributed by atoms with Crippen LogP contribution in [0.15, 0.2) is 24.4 Å². The molecule has 6 heteroatoms. The molecule has 116 valence electrons. The van der Waals surface area contributed by atoms with Gasteiger partial charge in [-0.1, -0.05) is 13.0 Å². The summed E-state index contributed by atoms with van der Waals surface area (Å²) in [6.45, 7) is 2.04. The van der Waals surface area contributed by atoms with Gasteiger partial charge in [0.25, 0.3) is 11.7 Å². The van der Waals surface area contributed by atoms with Crippen LogP contribution in [-0.4, -0.2) is 46.2 Å². The number of Topliss-reactive ketones (excluding diaryl/α,β-unsaturated/α-hetero) is 1. The number of amides is 1. The highest BCUT2D eigenvalue weighted by Crippen LogP contribution is 2.50. The number of piperidine rings is 1. The first kappa shape index (κ1) is 14.7. The minimum absolute atomic E-state index is 0.00753. The standard InChI is InChI=1S/C16H18N2O4/c1-10-7-11-9-16(8-10,13(19)15(21)22-2)18(11)14(20)12-5-3-4-6-17-12/h3-6,10-11H,7-9H2,1-2H3. The molecule has 3 unspecified atom stereocenters. The topological polar surface area (TPSA) is 76.6 Å². The third-order valence-electron chi connectivity index (χ3n) is 4.66. The van der Waals surface area contributed by atoms with Crippen LogP contribution >= 0.6 is 0 Å². The molecule has 0 aromatic carbocycles. The molecule has 2 bridgehead atoms. The van der Waals surface area contributed by atoms with Gasteiger partial charge >= 0.3 is 5.97 Å². The molecule has 1 saturated carbocycles. The van der Waals surface area contributed by atoms with Crippen molar-refractivity contribution >= 4 is 17.7 Å². The molecule has 0 N–H and O–H groups in total. The van der Waals surface area contributed by atoms with Crippen LogP contribution in [0.5, 0.6) is 0 Å². The minimum atomic E-state index is -1.05. The Hall–Kier alpha value is -2.24. The fraction of sp³-hybridized carbons (Fsp3) is 0.500. The van der Waals surface area contributed by atoms with Gasteiger partial charge in [0.15, 0.2) is 0 Å². The second-order valence-electron chi connectivity index (χ2n) is 6.15. The van der Waals surface area contributed by atoms with Gasteiger partial charge in [0.2, 0.25) is 0 Å². The predicted octanol–water partition coefficient (Wildman–Crippen LogP) is 1.21. The Kier molecular flexibility index (Phi) is 3.47. The van der Waals surface area contributed by atoms with Crippen LogP contribution in [0.1, 0.15) is 36.7 Å². The van der Waals surface area contributed by atoms with E-state index in [2.05, 4.69) is 9.72 Å². The van der Waals surface area contributed by atoms with Crippen LogP contribution in [-0.2, 0) is 14.3 Å². The number of rotatable bonds is 3. The summed E-state index contributed by atoms with van der Waals surface area (Å²) in [4.78, 5) is 42.6. The maximum Gasteiger partial charge on any atom is 0.376 e. The van der Waals surface area contributed by atoms with Crippen LogP contribution in [0.25, 0.3) is 0 Å². The average molecular weight is 302 g/mol. The molecular weight excluding hydrogens is 284 g/mol. The van der Waals surface area contributed by atoms with Crippen LogP contribution in [0.4, 0.5) is 0 Å². The Morgan fingerprint density at radius 1 is 1.32 bits per heavy atom. The number of aromatic nitrogens is 1. The van der Waals surface area contributed by atoms with Crippen molar-refractivity contribution in [2.24, 2.45) is 5.92 Å². The number of ether oxygens (including phenoxy) is 1. The summed E-state index contributed by atoms with van der Waals surface area (Å²) in [5, 5.41) is 0. The monoisotopic (exact) mass is 302 g/mol. The first-order valence-electron chi connectivity index (χ1n) is 7.37.